The highest BCUT2D eigenvalue weighted by Gasteiger charge is 2.15. The van der Waals surface area contributed by atoms with Crippen LogP contribution in [-0.4, -0.2) is 12.5 Å². The Morgan fingerprint density at radius 3 is 2.38 bits per heavy atom. The van der Waals surface area contributed by atoms with Crippen LogP contribution in [0.2, 0.25) is 0 Å². The Labute approximate surface area is 156 Å². The lowest BCUT2D eigenvalue weighted by atomic mass is 9.84. The number of rotatable bonds is 6. The van der Waals surface area contributed by atoms with Crippen molar-refractivity contribution in [1.82, 2.24) is 0 Å². The molecule has 3 heteroatoms. The first-order chi connectivity index (χ1) is 12.7. The summed E-state index contributed by atoms with van der Waals surface area (Å²) in [4.78, 5) is 12.1. The molecule has 1 N–H and O–H groups in total. The standard InChI is InChI=1S/C23H27NO2/c1-2-26-22-15-8-18(9-16-22)10-17-23(25)24-21-13-11-20(12-14-21)19-6-4-3-5-7-19/h8-17,19H,2-7H2,1H3,(H,24,25). The molecule has 0 heterocycles. The van der Waals surface area contributed by atoms with E-state index in [0.717, 1.165) is 17.0 Å². The minimum Gasteiger partial charge on any atom is -0.494 e. The lowest BCUT2D eigenvalue weighted by Gasteiger charge is -2.22. The molecule has 1 fully saturated rings. The second kappa shape index (κ2) is 9.23. The van der Waals surface area contributed by atoms with Gasteiger partial charge < -0.3 is 10.1 Å². The van der Waals surface area contributed by atoms with E-state index in [9.17, 15) is 4.79 Å². The molecule has 3 rings (SSSR count). The van der Waals surface area contributed by atoms with E-state index in [1.54, 1.807) is 12.2 Å². The van der Waals surface area contributed by atoms with Gasteiger partial charge in [0.25, 0.3) is 0 Å². The predicted molar refractivity (Wildman–Crippen MR) is 108 cm³/mol. The summed E-state index contributed by atoms with van der Waals surface area (Å²) in [5.41, 5.74) is 3.20. The number of carbonyl (C=O) groups excluding carboxylic acids is 1. The number of carbonyl (C=O) groups is 1. The van der Waals surface area contributed by atoms with Gasteiger partial charge in [-0.05, 0) is 67.2 Å². The highest BCUT2D eigenvalue weighted by molar-refractivity contribution is 6.01. The normalized spacial score (nSPS) is 15.1. The molecule has 1 aliphatic rings. The summed E-state index contributed by atoms with van der Waals surface area (Å²) in [6.45, 7) is 2.61. The van der Waals surface area contributed by atoms with Gasteiger partial charge in [-0.25, -0.2) is 0 Å². The van der Waals surface area contributed by atoms with Gasteiger partial charge in [-0.15, -0.1) is 0 Å². The fourth-order valence-corrected chi connectivity index (χ4v) is 3.47. The molecule has 2 aromatic carbocycles. The summed E-state index contributed by atoms with van der Waals surface area (Å²) >= 11 is 0. The van der Waals surface area contributed by atoms with E-state index < -0.39 is 0 Å². The topological polar surface area (TPSA) is 38.3 Å². The van der Waals surface area contributed by atoms with Crippen molar-refractivity contribution in [3.05, 3.63) is 65.7 Å². The van der Waals surface area contributed by atoms with Gasteiger partial charge in [0.15, 0.2) is 0 Å². The van der Waals surface area contributed by atoms with Crippen LogP contribution in [0.5, 0.6) is 5.75 Å². The van der Waals surface area contributed by atoms with E-state index in [1.165, 1.54) is 37.7 Å². The van der Waals surface area contributed by atoms with Crippen molar-refractivity contribution < 1.29 is 9.53 Å². The molecule has 1 aliphatic carbocycles. The zero-order chi connectivity index (χ0) is 18.2. The maximum Gasteiger partial charge on any atom is 0.248 e. The summed E-state index contributed by atoms with van der Waals surface area (Å²) in [6, 6.07) is 16.0. The SMILES string of the molecule is CCOc1ccc(C=CC(=O)Nc2ccc(C3CCCCC3)cc2)cc1. The van der Waals surface area contributed by atoms with Crippen LogP contribution < -0.4 is 10.1 Å². The average molecular weight is 349 g/mol. The van der Waals surface area contributed by atoms with E-state index in [2.05, 4.69) is 17.4 Å². The predicted octanol–water partition coefficient (Wildman–Crippen LogP) is 5.78. The van der Waals surface area contributed by atoms with Crippen LogP contribution in [0, 0.1) is 0 Å². The lowest BCUT2D eigenvalue weighted by Crippen LogP contribution is -2.08. The number of amides is 1. The van der Waals surface area contributed by atoms with Crippen LogP contribution in [0.4, 0.5) is 5.69 Å². The zero-order valence-corrected chi connectivity index (χ0v) is 15.4. The van der Waals surface area contributed by atoms with Gasteiger partial charge >= 0.3 is 0 Å². The van der Waals surface area contributed by atoms with E-state index in [4.69, 9.17) is 4.74 Å². The van der Waals surface area contributed by atoms with E-state index in [1.807, 2.05) is 43.3 Å². The second-order valence-electron chi connectivity index (χ2n) is 6.78. The molecular formula is C23H27NO2. The summed E-state index contributed by atoms with van der Waals surface area (Å²) < 4.78 is 5.42. The minimum absolute atomic E-state index is 0.121. The molecule has 0 spiro atoms. The zero-order valence-electron chi connectivity index (χ0n) is 15.4. The first kappa shape index (κ1) is 18.2. The largest absolute Gasteiger partial charge is 0.494 e. The third-order valence-corrected chi connectivity index (χ3v) is 4.87. The van der Waals surface area contributed by atoms with Crippen molar-refractivity contribution in [2.75, 3.05) is 11.9 Å². The minimum atomic E-state index is -0.121. The van der Waals surface area contributed by atoms with Gasteiger partial charge in [0.2, 0.25) is 5.91 Å². The molecule has 26 heavy (non-hydrogen) atoms. The number of hydrogen-bond acceptors (Lipinski definition) is 2. The van der Waals surface area contributed by atoms with Crippen molar-refractivity contribution in [2.45, 2.75) is 44.9 Å². The van der Waals surface area contributed by atoms with E-state index in [-0.39, 0.29) is 5.91 Å². The second-order valence-corrected chi connectivity index (χ2v) is 6.78. The van der Waals surface area contributed by atoms with Crippen LogP contribution >= 0.6 is 0 Å². The number of benzene rings is 2. The molecule has 0 unspecified atom stereocenters. The smallest absolute Gasteiger partial charge is 0.248 e. The Hall–Kier alpha value is -2.55. The Bertz CT molecular complexity index is 726. The first-order valence-electron chi connectivity index (χ1n) is 9.56. The molecule has 0 atom stereocenters. The molecule has 0 saturated heterocycles. The summed E-state index contributed by atoms with van der Waals surface area (Å²) in [5, 5.41) is 2.92. The fourth-order valence-electron chi connectivity index (χ4n) is 3.47. The molecule has 0 aromatic heterocycles. The van der Waals surface area contributed by atoms with Gasteiger partial charge in [-0.3, -0.25) is 4.79 Å². The molecule has 1 saturated carbocycles. The summed E-state index contributed by atoms with van der Waals surface area (Å²) in [5.74, 6) is 1.41. The molecule has 0 bridgehead atoms. The molecule has 0 aliphatic heterocycles. The average Bonchev–Trinajstić information content (AvgIpc) is 2.69. The third-order valence-electron chi connectivity index (χ3n) is 4.87. The highest BCUT2D eigenvalue weighted by atomic mass is 16.5. The Morgan fingerprint density at radius 1 is 1.04 bits per heavy atom. The van der Waals surface area contributed by atoms with Crippen molar-refractivity contribution in [1.29, 1.82) is 0 Å². The van der Waals surface area contributed by atoms with Crippen LogP contribution in [0.15, 0.2) is 54.6 Å². The summed E-state index contributed by atoms with van der Waals surface area (Å²) in [7, 11) is 0. The molecule has 136 valence electrons. The van der Waals surface area contributed by atoms with Gasteiger partial charge in [-0.2, -0.15) is 0 Å². The first-order valence-corrected chi connectivity index (χ1v) is 9.56. The number of nitrogens with one attached hydrogen (secondary N) is 1. The molecule has 0 radical (unpaired) electrons. The fraction of sp³-hybridized carbons (Fsp3) is 0.348. The van der Waals surface area contributed by atoms with Crippen LogP contribution in [0.3, 0.4) is 0 Å². The lowest BCUT2D eigenvalue weighted by molar-refractivity contribution is -0.111. The molecular weight excluding hydrogens is 322 g/mol. The van der Waals surface area contributed by atoms with Crippen molar-refractivity contribution >= 4 is 17.7 Å². The number of anilines is 1. The maximum absolute atomic E-state index is 12.1. The van der Waals surface area contributed by atoms with E-state index in [0.29, 0.717) is 12.5 Å². The Morgan fingerprint density at radius 2 is 1.73 bits per heavy atom. The van der Waals surface area contributed by atoms with Gasteiger partial charge in [0.1, 0.15) is 5.75 Å². The Kier molecular flexibility index (Phi) is 6.48. The molecule has 3 nitrogen and oxygen atoms in total. The van der Waals surface area contributed by atoms with Gasteiger partial charge in [-0.1, -0.05) is 43.5 Å². The van der Waals surface area contributed by atoms with E-state index >= 15 is 0 Å². The quantitative estimate of drug-likeness (QED) is 0.671. The highest BCUT2D eigenvalue weighted by Crippen LogP contribution is 2.32. The Balaban J connectivity index is 1.53. The molecule has 2 aromatic rings. The van der Waals surface area contributed by atoms with Crippen LogP contribution in [0.1, 0.15) is 56.1 Å². The monoisotopic (exact) mass is 349 g/mol. The van der Waals surface area contributed by atoms with Crippen molar-refractivity contribution in [2.24, 2.45) is 0 Å². The van der Waals surface area contributed by atoms with Crippen molar-refractivity contribution in [3.8, 4) is 5.75 Å². The van der Waals surface area contributed by atoms with Gasteiger partial charge in [0.05, 0.1) is 6.61 Å². The van der Waals surface area contributed by atoms with Gasteiger partial charge in [0, 0.05) is 11.8 Å². The summed E-state index contributed by atoms with van der Waals surface area (Å²) in [6.07, 6.45) is 9.98. The van der Waals surface area contributed by atoms with Crippen LogP contribution in [0.25, 0.3) is 6.08 Å². The third kappa shape index (κ3) is 5.22. The van der Waals surface area contributed by atoms with Crippen LogP contribution in [-0.2, 0) is 4.79 Å². The number of ether oxygens (including phenoxy) is 1. The van der Waals surface area contributed by atoms with Crippen molar-refractivity contribution in [3.63, 3.8) is 0 Å². The maximum atomic E-state index is 12.1. The molecule has 1 amide bonds. The number of hydrogen-bond donors (Lipinski definition) is 1.